The molecule has 0 aliphatic heterocycles. The van der Waals surface area contributed by atoms with Crippen molar-refractivity contribution in [2.75, 3.05) is 0 Å². The second kappa shape index (κ2) is 4.94. The monoisotopic (exact) mass is 279 g/mol. The number of ketones is 1. The van der Waals surface area contributed by atoms with E-state index < -0.39 is 0 Å². The zero-order valence-electron chi connectivity index (χ0n) is 12.5. The molecule has 3 unspecified atom stereocenters. The average molecular weight is 279 g/mol. The summed E-state index contributed by atoms with van der Waals surface area (Å²) in [6.07, 6.45) is 6.12. The van der Waals surface area contributed by atoms with Gasteiger partial charge >= 0.3 is 0 Å². The maximum Gasteiger partial charge on any atom is 0.163 e. The lowest BCUT2D eigenvalue weighted by Crippen LogP contribution is -2.15. The minimum absolute atomic E-state index is 0.314. The van der Waals surface area contributed by atoms with E-state index in [2.05, 4.69) is 4.98 Å². The molecule has 1 aromatic heterocycles. The molecule has 2 aliphatic rings. The molecule has 2 nitrogen and oxygen atoms in total. The van der Waals surface area contributed by atoms with Crippen LogP contribution in [0.2, 0.25) is 0 Å². The predicted molar refractivity (Wildman–Crippen MR) is 84.4 cm³/mol. The Bertz CT molecular complexity index is 706. The number of fused-ring (bicyclic) bond motifs is 3. The molecule has 2 aromatic rings. The van der Waals surface area contributed by atoms with Gasteiger partial charge in [0, 0.05) is 23.1 Å². The number of carbonyl (C=O) groups is 1. The fourth-order valence-corrected chi connectivity index (χ4v) is 4.51. The van der Waals surface area contributed by atoms with Gasteiger partial charge in [0.2, 0.25) is 0 Å². The standard InChI is InChI=1S/C19H21NO/c1-12-8-17(16-4-2-3-5-18(16)20-12)19(21)11-15-10-13-6-7-14(15)9-13/h2-5,8,13-15H,6-7,9-11H2,1H3. The Morgan fingerprint density at radius 2 is 2.10 bits per heavy atom. The van der Waals surface area contributed by atoms with Crippen LogP contribution >= 0.6 is 0 Å². The van der Waals surface area contributed by atoms with E-state index in [9.17, 15) is 4.79 Å². The van der Waals surface area contributed by atoms with Crippen LogP contribution in [0.3, 0.4) is 0 Å². The van der Waals surface area contributed by atoms with Crippen LogP contribution in [0.1, 0.15) is 48.2 Å². The Balaban J connectivity index is 1.65. The minimum Gasteiger partial charge on any atom is -0.294 e. The van der Waals surface area contributed by atoms with E-state index >= 15 is 0 Å². The average Bonchev–Trinajstić information content (AvgIpc) is 3.08. The number of para-hydroxylation sites is 1. The smallest absolute Gasteiger partial charge is 0.163 e. The number of hydrogen-bond donors (Lipinski definition) is 0. The SMILES string of the molecule is Cc1cc(C(=O)CC2CC3CCC2C3)c2ccccc2n1. The van der Waals surface area contributed by atoms with Crippen molar-refractivity contribution in [3.63, 3.8) is 0 Å². The minimum atomic E-state index is 0.314. The Hall–Kier alpha value is -1.70. The molecule has 2 heteroatoms. The Labute approximate surface area is 125 Å². The Morgan fingerprint density at radius 1 is 1.24 bits per heavy atom. The highest BCUT2D eigenvalue weighted by Gasteiger charge is 2.40. The number of rotatable bonds is 3. The van der Waals surface area contributed by atoms with Crippen LogP contribution in [0.15, 0.2) is 30.3 Å². The maximum atomic E-state index is 12.8. The van der Waals surface area contributed by atoms with Gasteiger partial charge in [-0.3, -0.25) is 9.78 Å². The van der Waals surface area contributed by atoms with Crippen molar-refractivity contribution in [2.45, 2.75) is 39.0 Å². The van der Waals surface area contributed by atoms with Crippen molar-refractivity contribution in [2.24, 2.45) is 17.8 Å². The topological polar surface area (TPSA) is 30.0 Å². The van der Waals surface area contributed by atoms with Crippen molar-refractivity contribution >= 4 is 16.7 Å². The summed E-state index contributed by atoms with van der Waals surface area (Å²) in [7, 11) is 0. The van der Waals surface area contributed by atoms with E-state index in [1.165, 1.54) is 25.7 Å². The van der Waals surface area contributed by atoms with Crippen LogP contribution in [-0.4, -0.2) is 10.8 Å². The first-order valence-corrected chi connectivity index (χ1v) is 8.10. The van der Waals surface area contributed by atoms with Crippen molar-refractivity contribution in [1.82, 2.24) is 4.98 Å². The third-order valence-electron chi connectivity index (χ3n) is 5.48. The molecule has 0 saturated heterocycles. The van der Waals surface area contributed by atoms with E-state index in [4.69, 9.17) is 0 Å². The summed E-state index contributed by atoms with van der Waals surface area (Å²) in [6, 6.07) is 9.97. The zero-order valence-corrected chi connectivity index (χ0v) is 12.5. The summed E-state index contributed by atoms with van der Waals surface area (Å²) < 4.78 is 0. The number of aryl methyl sites for hydroxylation is 1. The van der Waals surface area contributed by atoms with Gasteiger partial charge in [-0.2, -0.15) is 0 Å². The van der Waals surface area contributed by atoms with Gasteiger partial charge in [0.1, 0.15) is 0 Å². The van der Waals surface area contributed by atoms with Crippen molar-refractivity contribution in [3.8, 4) is 0 Å². The molecular weight excluding hydrogens is 258 g/mol. The quantitative estimate of drug-likeness (QED) is 0.771. The first-order valence-electron chi connectivity index (χ1n) is 8.10. The van der Waals surface area contributed by atoms with E-state index in [-0.39, 0.29) is 0 Å². The van der Waals surface area contributed by atoms with Crippen molar-refractivity contribution in [1.29, 1.82) is 0 Å². The lowest BCUT2D eigenvalue weighted by atomic mass is 9.84. The molecule has 4 rings (SSSR count). The van der Waals surface area contributed by atoms with E-state index in [1.807, 2.05) is 37.3 Å². The van der Waals surface area contributed by atoms with Gasteiger partial charge in [-0.05, 0) is 56.1 Å². The van der Waals surface area contributed by atoms with E-state index in [0.29, 0.717) is 11.7 Å². The summed E-state index contributed by atoms with van der Waals surface area (Å²) >= 11 is 0. The summed E-state index contributed by atoms with van der Waals surface area (Å²) in [5, 5.41) is 1.01. The second-order valence-electron chi connectivity index (χ2n) is 6.89. The fourth-order valence-electron chi connectivity index (χ4n) is 4.51. The fraction of sp³-hybridized carbons (Fsp3) is 0.474. The molecular formula is C19H21NO. The molecule has 3 atom stereocenters. The molecule has 2 bridgehead atoms. The van der Waals surface area contributed by atoms with E-state index in [0.717, 1.165) is 40.4 Å². The molecule has 108 valence electrons. The lowest BCUT2D eigenvalue weighted by Gasteiger charge is -2.21. The Morgan fingerprint density at radius 3 is 2.86 bits per heavy atom. The molecule has 0 N–H and O–H groups in total. The number of benzene rings is 1. The van der Waals surface area contributed by atoms with Crippen LogP contribution in [0.5, 0.6) is 0 Å². The number of carbonyl (C=O) groups excluding carboxylic acids is 1. The number of hydrogen-bond acceptors (Lipinski definition) is 2. The van der Waals surface area contributed by atoms with Crippen LogP contribution in [0, 0.1) is 24.7 Å². The predicted octanol–water partition coefficient (Wildman–Crippen LogP) is 4.55. The molecule has 2 aliphatic carbocycles. The zero-order chi connectivity index (χ0) is 14.4. The molecule has 0 amide bonds. The number of nitrogens with zero attached hydrogens (tertiary/aromatic N) is 1. The van der Waals surface area contributed by atoms with Gasteiger partial charge in [-0.25, -0.2) is 0 Å². The highest BCUT2D eigenvalue weighted by Crippen LogP contribution is 2.49. The molecule has 2 fully saturated rings. The second-order valence-corrected chi connectivity index (χ2v) is 6.89. The molecule has 1 heterocycles. The largest absolute Gasteiger partial charge is 0.294 e. The van der Waals surface area contributed by atoms with Crippen molar-refractivity contribution in [3.05, 3.63) is 41.6 Å². The first kappa shape index (κ1) is 13.0. The highest BCUT2D eigenvalue weighted by atomic mass is 16.1. The highest BCUT2D eigenvalue weighted by molar-refractivity contribution is 6.07. The van der Waals surface area contributed by atoms with Gasteiger partial charge in [0.05, 0.1) is 5.52 Å². The molecule has 21 heavy (non-hydrogen) atoms. The molecule has 2 saturated carbocycles. The Kier molecular flexibility index (Phi) is 3.06. The first-order chi connectivity index (χ1) is 10.2. The summed E-state index contributed by atoms with van der Waals surface area (Å²) in [4.78, 5) is 17.4. The summed E-state index contributed by atoms with van der Waals surface area (Å²) in [6.45, 7) is 1.97. The van der Waals surface area contributed by atoms with Gasteiger partial charge in [0.25, 0.3) is 0 Å². The van der Waals surface area contributed by atoms with Crippen LogP contribution in [0.25, 0.3) is 10.9 Å². The van der Waals surface area contributed by atoms with Crippen molar-refractivity contribution < 1.29 is 4.79 Å². The summed E-state index contributed by atoms with van der Waals surface area (Å²) in [5.74, 6) is 2.66. The van der Waals surface area contributed by atoms with Crippen LogP contribution in [-0.2, 0) is 0 Å². The number of aromatic nitrogens is 1. The lowest BCUT2D eigenvalue weighted by molar-refractivity contribution is 0.0946. The van der Waals surface area contributed by atoms with Gasteiger partial charge in [-0.15, -0.1) is 0 Å². The summed E-state index contributed by atoms with van der Waals surface area (Å²) in [5.41, 5.74) is 2.75. The van der Waals surface area contributed by atoms with Crippen LogP contribution < -0.4 is 0 Å². The molecule has 0 radical (unpaired) electrons. The third-order valence-corrected chi connectivity index (χ3v) is 5.48. The number of Topliss-reactive ketones (excluding diaryl/α,β-unsaturated/α-hetero) is 1. The maximum absolute atomic E-state index is 12.8. The van der Waals surface area contributed by atoms with Gasteiger partial charge in [-0.1, -0.05) is 24.6 Å². The van der Waals surface area contributed by atoms with E-state index in [1.54, 1.807) is 0 Å². The third kappa shape index (κ3) is 2.27. The number of pyridine rings is 1. The van der Waals surface area contributed by atoms with Gasteiger partial charge in [0.15, 0.2) is 5.78 Å². The van der Waals surface area contributed by atoms with Gasteiger partial charge < -0.3 is 0 Å². The molecule has 1 aromatic carbocycles. The molecule has 0 spiro atoms. The normalized spacial score (nSPS) is 27.4. The van der Waals surface area contributed by atoms with Crippen LogP contribution in [0.4, 0.5) is 0 Å².